The number of carbonyl (C=O) groups is 2. The minimum absolute atomic E-state index is 0.0145. The molecule has 0 radical (unpaired) electrons. The van der Waals surface area contributed by atoms with Gasteiger partial charge in [-0.15, -0.1) is 0 Å². The number of benzene rings is 2. The van der Waals surface area contributed by atoms with Crippen LogP contribution in [0.3, 0.4) is 0 Å². The van der Waals surface area contributed by atoms with Crippen LogP contribution in [0, 0.1) is 0 Å². The largest absolute Gasteiger partial charge is 0.461 e. The van der Waals surface area contributed by atoms with Crippen LogP contribution in [0.15, 0.2) is 60.7 Å². The smallest absolute Gasteiger partial charge is 0.338 e. The number of hydrogen-bond donors (Lipinski definition) is 0. The Balaban J connectivity index is 1.45. The number of fused-ring (bicyclic) bond motifs is 1. The first-order valence-electron chi connectivity index (χ1n) is 9.97. The quantitative estimate of drug-likeness (QED) is 0.450. The van der Waals surface area contributed by atoms with Crippen LogP contribution < -0.4 is 0 Å². The lowest BCUT2D eigenvalue weighted by Crippen LogP contribution is -2.43. The topological polar surface area (TPSA) is 80.3 Å². The predicted octanol–water partition coefficient (Wildman–Crippen LogP) is 3.71. The number of hydrogen-bond acceptors (Lipinski definition) is 7. The van der Waals surface area contributed by atoms with Gasteiger partial charge < -0.3 is 23.7 Å². The van der Waals surface area contributed by atoms with Crippen LogP contribution in [0.1, 0.15) is 34.6 Å². The van der Waals surface area contributed by atoms with Gasteiger partial charge in [0.1, 0.15) is 12.7 Å². The minimum Gasteiger partial charge on any atom is -0.461 e. The van der Waals surface area contributed by atoms with E-state index in [4.69, 9.17) is 23.7 Å². The van der Waals surface area contributed by atoms with Crippen molar-refractivity contribution in [3.8, 4) is 0 Å². The van der Waals surface area contributed by atoms with Gasteiger partial charge >= 0.3 is 11.9 Å². The van der Waals surface area contributed by atoms with Crippen molar-refractivity contribution in [3.63, 3.8) is 0 Å². The summed E-state index contributed by atoms with van der Waals surface area (Å²) in [5, 5.41) is 0. The molecule has 8 heteroatoms. The highest BCUT2D eigenvalue weighted by Crippen LogP contribution is 2.41. The normalized spacial score (nSPS) is 27.3. The van der Waals surface area contributed by atoms with Crippen molar-refractivity contribution in [1.82, 2.24) is 0 Å². The Morgan fingerprint density at radius 1 is 0.968 bits per heavy atom. The lowest BCUT2D eigenvalue weighted by Gasteiger charge is -2.28. The summed E-state index contributed by atoms with van der Waals surface area (Å²) in [5.74, 6) is -1.80. The van der Waals surface area contributed by atoms with Crippen LogP contribution in [-0.2, 0) is 23.7 Å². The Labute approximate surface area is 188 Å². The number of rotatable bonds is 6. The average Bonchev–Trinajstić information content (AvgIpc) is 3.25. The molecule has 31 heavy (non-hydrogen) atoms. The van der Waals surface area contributed by atoms with Crippen LogP contribution >= 0.6 is 15.9 Å². The van der Waals surface area contributed by atoms with Crippen LogP contribution in [0.5, 0.6) is 0 Å². The second kappa shape index (κ2) is 9.08. The summed E-state index contributed by atoms with van der Waals surface area (Å²) in [6, 6.07) is 17.4. The fourth-order valence-electron chi connectivity index (χ4n) is 3.60. The molecule has 2 aliphatic rings. The molecule has 164 valence electrons. The standard InChI is InChI=1S/C23H23BrO7/c1-23(2)30-19-18(28-21(26)15-11-7-4-8-12-15)17(29-22(19)31-23)16(24)13-27-20(25)14-9-5-3-6-10-14/h3-12,16-19,22H,13H2,1-2H3/t16-,17+,18-,19+,22+/m0/s1. The van der Waals surface area contributed by atoms with Gasteiger partial charge in [-0.3, -0.25) is 0 Å². The van der Waals surface area contributed by atoms with Gasteiger partial charge in [-0.25, -0.2) is 9.59 Å². The van der Waals surface area contributed by atoms with E-state index in [-0.39, 0.29) is 6.61 Å². The molecular weight excluding hydrogens is 468 g/mol. The molecule has 0 N–H and O–H groups in total. The molecule has 0 bridgehead atoms. The first kappa shape index (κ1) is 22.0. The van der Waals surface area contributed by atoms with E-state index in [0.717, 1.165) is 0 Å². The van der Waals surface area contributed by atoms with E-state index in [9.17, 15) is 9.59 Å². The Morgan fingerprint density at radius 3 is 2.16 bits per heavy atom. The molecule has 0 aliphatic carbocycles. The van der Waals surface area contributed by atoms with Gasteiger partial charge in [0.15, 0.2) is 24.3 Å². The molecule has 2 aromatic rings. The average molecular weight is 491 g/mol. The highest BCUT2D eigenvalue weighted by atomic mass is 79.9. The summed E-state index contributed by atoms with van der Waals surface area (Å²) in [5.41, 5.74) is 0.872. The lowest BCUT2D eigenvalue weighted by molar-refractivity contribution is -0.215. The van der Waals surface area contributed by atoms with Gasteiger partial charge in [0.25, 0.3) is 0 Å². The molecule has 2 aromatic carbocycles. The van der Waals surface area contributed by atoms with Crippen LogP contribution in [0.4, 0.5) is 0 Å². The molecule has 2 heterocycles. The summed E-state index contributed by atoms with van der Waals surface area (Å²) < 4.78 is 29.0. The Kier molecular flexibility index (Phi) is 6.43. The van der Waals surface area contributed by atoms with Crippen molar-refractivity contribution >= 4 is 27.9 Å². The number of esters is 2. The summed E-state index contributed by atoms with van der Waals surface area (Å²) in [6.07, 6.45) is -2.68. The van der Waals surface area contributed by atoms with Gasteiger partial charge in [0, 0.05) is 0 Å². The Morgan fingerprint density at radius 2 is 1.55 bits per heavy atom. The lowest BCUT2D eigenvalue weighted by atomic mass is 10.1. The second-order valence-corrected chi connectivity index (χ2v) is 8.96. The first-order valence-corrected chi connectivity index (χ1v) is 10.9. The van der Waals surface area contributed by atoms with Crippen molar-refractivity contribution in [1.29, 1.82) is 0 Å². The SMILES string of the molecule is CC1(C)O[C@H]2O[C@H]([C@@H](Br)COC(=O)c3ccccc3)[C@H](OC(=O)c3ccccc3)[C@H]2O1. The van der Waals surface area contributed by atoms with Crippen molar-refractivity contribution < 1.29 is 33.3 Å². The van der Waals surface area contributed by atoms with Crippen molar-refractivity contribution in [2.24, 2.45) is 0 Å². The predicted molar refractivity (Wildman–Crippen MR) is 114 cm³/mol. The molecule has 2 aliphatic heterocycles. The molecule has 0 aromatic heterocycles. The fourth-order valence-corrected chi connectivity index (χ4v) is 4.16. The van der Waals surface area contributed by atoms with Crippen molar-refractivity contribution in [2.75, 3.05) is 6.61 Å². The minimum atomic E-state index is -0.862. The molecule has 0 unspecified atom stereocenters. The zero-order valence-electron chi connectivity index (χ0n) is 17.1. The van der Waals surface area contributed by atoms with E-state index in [1.165, 1.54) is 0 Å². The maximum atomic E-state index is 12.7. The Bertz CT molecular complexity index is 918. The third kappa shape index (κ3) is 4.98. The molecule has 0 spiro atoms. The first-order chi connectivity index (χ1) is 14.8. The molecule has 2 fully saturated rings. The van der Waals surface area contributed by atoms with E-state index in [2.05, 4.69) is 15.9 Å². The summed E-state index contributed by atoms with van der Waals surface area (Å²) >= 11 is 3.52. The molecule has 2 saturated heterocycles. The van der Waals surface area contributed by atoms with Gasteiger partial charge in [-0.1, -0.05) is 52.3 Å². The van der Waals surface area contributed by atoms with E-state index < -0.39 is 47.2 Å². The maximum absolute atomic E-state index is 12.7. The summed E-state index contributed by atoms with van der Waals surface area (Å²) in [6.45, 7) is 3.56. The van der Waals surface area contributed by atoms with Gasteiger partial charge in [0.2, 0.25) is 0 Å². The van der Waals surface area contributed by atoms with Gasteiger partial charge in [0.05, 0.1) is 16.0 Å². The maximum Gasteiger partial charge on any atom is 0.338 e. The molecule has 0 saturated carbocycles. The van der Waals surface area contributed by atoms with E-state index in [0.29, 0.717) is 11.1 Å². The van der Waals surface area contributed by atoms with Crippen LogP contribution in [0.25, 0.3) is 0 Å². The van der Waals surface area contributed by atoms with E-state index in [1.54, 1.807) is 62.4 Å². The highest BCUT2D eigenvalue weighted by molar-refractivity contribution is 9.09. The molecule has 0 amide bonds. The van der Waals surface area contributed by atoms with E-state index >= 15 is 0 Å². The van der Waals surface area contributed by atoms with Crippen LogP contribution in [0.2, 0.25) is 0 Å². The zero-order valence-corrected chi connectivity index (χ0v) is 18.7. The number of carbonyl (C=O) groups excluding carboxylic acids is 2. The van der Waals surface area contributed by atoms with Crippen LogP contribution in [-0.4, -0.2) is 53.8 Å². The summed E-state index contributed by atoms with van der Waals surface area (Å²) in [7, 11) is 0. The number of alkyl halides is 1. The third-order valence-electron chi connectivity index (χ3n) is 5.02. The second-order valence-electron chi connectivity index (χ2n) is 7.79. The van der Waals surface area contributed by atoms with Gasteiger partial charge in [-0.05, 0) is 38.1 Å². The highest BCUT2D eigenvalue weighted by Gasteiger charge is 2.58. The molecule has 7 nitrogen and oxygen atoms in total. The van der Waals surface area contributed by atoms with E-state index in [1.807, 2.05) is 12.1 Å². The third-order valence-corrected chi connectivity index (χ3v) is 5.80. The molecule has 4 rings (SSSR count). The Hall–Kier alpha value is -2.26. The van der Waals surface area contributed by atoms with Crippen molar-refractivity contribution in [3.05, 3.63) is 71.8 Å². The number of ether oxygens (including phenoxy) is 5. The van der Waals surface area contributed by atoms with Crippen molar-refractivity contribution in [2.45, 2.75) is 49.1 Å². The molecule has 5 atom stereocenters. The van der Waals surface area contributed by atoms with Gasteiger partial charge in [-0.2, -0.15) is 0 Å². The zero-order chi connectivity index (χ0) is 22.0. The fraction of sp³-hybridized carbons (Fsp3) is 0.391. The summed E-state index contributed by atoms with van der Waals surface area (Å²) in [4.78, 5) is 24.5. The monoisotopic (exact) mass is 490 g/mol. The number of halogens is 1. The molecular formula is C23H23BrO7.